The molecule has 5 nitrogen and oxygen atoms in total. The Labute approximate surface area is 90.8 Å². The Balaban J connectivity index is 2.33. The number of hydrogen-bond acceptors (Lipinski definition) is 4. The Morgan fingerprint density at radius 2 is 2.40 bits per heavy atom. The van der Waals surface area contributed by atoms with E-state index < -0.39 is 0 Å². The molecule has 1 aromatic rings. The Hall–Kier alpha value is -0.940. The molecule has 1 heterocycles. The lowest BCUT2D eigenvalue weighted by Gasteiger charge is -2.13. The summed E-state index contributed by atoms with van der Waals surface area (Å²) in [6.07, 6.45) is 5.05. The van der Waals surface area contributed by atoms with E-state index in [4.69, 9.17) is 4.74 Å². The number of nitrogens with one attached hydrogen (secondary N) is 1. The van der Waals surface area contributed by atoms with Crippen LogP contribution in [0.15, 0.2) is 6.20 Å². The van der Waals surface area contributed by atoms with Crippen LogP contribution in [-0.2, 0) is 18.2 Å². The monoisotopic (exact) mass is 212 g/mol. The number of ether oxygens (including phenoxy) is 1. The van der Waals surface area contributed by atoms with Crippen molar-refractivity contribution in [1.29, 1.82) is 0 Å². The molecule has 0 radical (unpaired) electrons. The van der Waals surface area contributed by atoms with Crippen LogP contribution >= 0.6 is 0 Å². The Morgan fingerprint density at radius 3 is 2.93 bits per heavy atom. The third-order valence-corrected chi connectivity index (χ3v) is 2.41. The van der Waals surface area contributed by atoms with E-state index in [1.165, 1.54) is 0 Å². The number of aryl methyl sites for hydroxylation is 1. The fourth-order valence-electron chi connectivity index (χ4n) is 1.56. The first-order valence-electron chi connectivity index (χ1n) is 5.27. The van der Waals surface area contributed by atoms with Gasteiger partial charge in [0.1, 0.15) is 0 Å². The number of aromatic nitrogens is 3. The summed E-state index contributed by atoms with van der Waals surface area (Å²) in [5.74, 6) is 0. The van der Waals surface area contributed by atoms with E-state index >= 15 is 0 Å². The van der Waals surface area contributed by atoms with Crippen molar-refractivity contribution in [1.82, 2.24) is 20.3 Å². The van der Waals surface area contributed by atoms with Crippen molar-refractivity contribution >= 4 is 0 Å². The minimum atomic E-state index is 0.455. The SMILES string of the molecule is CNC(CCCOC)Cc1cn(C)nn1. The van der Waals surface area contributed by atoms with Crippen LogP contribution in [0.2, 0.25) is 0 Å². The number of hydrogen-bond donors (Lipinski definition) is 1. The Morgan fingerprint density at radius 1 is 1.60 bits per heavy atom. The highest BCUT2D eigenvalue weighted by Gasteiger charge is 2.09. The third-order valence-electron chi connectivity index (χ3n) is 2.41. The van der Waals surface area contributed by atoms with Gasteiger partial charge in [-0.2, -0.15) is 0 Å². The van der Waals surface area contributed by atoms with Gasteiger partial charge in [-0.3, -0.25) is 4.68 Å². The lowest BCUT2D eigenvalue weighted by molar-refractivity contribution is 0.189. The molecule has 0 aromatic carbocycles. The third kappa shape index (κ3) is 4.40. The smallest absolute Gasteiger partial charge is 0.0842 e. The molecule has 0 saturated carbocycles. The second kappa shape index (κ2) is 6.53. The lowest BCUT2D eigenvalue weighted by atomic mass is 10.1. The molecule has 0 fully saturated rings. The minimum Gasteiger partial charge on any atom is -0.385 e. The number of rotatable bonds is 7. The molecule has 0 spiro atoms. The van der Waals surface area contributed by atoms with E-state index in [9.17, 15) is 0 Å². The maximum Gasteiger partial charge on any atom is 0.0842 e. The molecule has 0 bridgehead atoms. The molecule has 1 atom stereocenters. The zero-order valence-corrected chi connectivity index (χ0v) is 9.73. The molecule has 1 rings (SSSR count). The summed E-state index contributed by atoms with van der Waals surface area (Å²) in [5.41, 5.74) is 1.04. The van der Waals surface area contributed by atoms with Gasteiger partial charge in [0.25, 0.3) is 0 Å². The van der Waals surface area contributed by atoms with Crippen molar-refractivity contribution in [2.75, 3.05) is 20.8 Å². The van der Waals surface area contributed by atoms with Gasteiger partial charge in [0.15, 0.2) is 0 Å². The first-order valence-corrected chi connectivity index (χ1v) is 5.27. The highest BCUT2D eigenvalue weighted by molar-refractivity contribution is 4.95. The van der Waals surface area contributed by atoms with Crippen molar-refractivity contribution in [2.24, 2.45) is 7.05 Å². The number of nitrogens with zero attached hydrogens (tertiary/aromatic N) is 3. The molecule has 5 heteroatoms. The minimum absolute atomic E-state index is 0.455. The van der Waals surface area contributed by atoms with Crippen LogP contribution in [0, 0.1) is 0 Å². The Bertz CT molecular complexity index is 274. The topological polar surface area (TPSA) is 52.0 Å². The van der Waals surface area contributed by atoms with Crippen molar-refractivity contribution < 1.29 is 4.74 Å². The molecule has 1 unspecified atom stereocenters. The van der Waals surface area contributed by atoms with Crippen LogP contribution in [0.25, 0.3) is 0 Å². The quantitative estimate of drug-likeness (QED) is 0.664. The molecule has 15 heavy (non-hydrogen) atoms. The average Bonchev–Trinajstić information content (AvgIpc) is 2.63. The number of methoxy groups -OCH3 is 1. The Kier molecular flexibility index (Phi) is 5.28. The molecule has 0 saturated heterocycles. The zero-order valence-electron chi connectivity index (χ0n) is 9.73. The first kappa shape index (κ1) is 12.1. The van der Waals surface area contributed by atoms with E-state index in [-0.39, 0.29) is 0 Å². The normalized spacial score (nSPS) is 13.0. The molecule has 0 aliphatic carbocycles. The molecular formula is C10H20N4O. The summed E-state index contributed by atoms with van der Waals surface area (Å²) in [6.45, 7) is 0.818. The summed E-state index contributed by atoms with van der Waals surface area (Å²) >= 11 is 0. The van der Waals surface area contributed by atoms with Crippen molar-refractivity contribution in [3.63, 3.8) is 0 Å². The van der Waals surface area contributed by atoms with Crippen molar-refractivity contribution in [3.8, 4) is 0 Å². The fourth-order valence-corrected chi connectivity index (χ4v) is 1.56. The van der Waals surface area contributed by atoms with Gasteiger partial charge in [0.05, 0.1) is 5.69 Å². The van der Waals surface area contributed by atoms with Gasteiger partial charge in [-0.05, 0) is 19.9 Å². The predicted molar refractivity (Wildman–Crippen MR) is 58.7 cm³/mol. The first-order chi connectivity index (χ1) is 7.26. The van der Waals surface area contributed by atoms with Gasteiger partial charge in [-0.1, -0.05) is 5.21 Å². The van der Waals surface area contributed by atoms with E-state index in [0.717, 1.165) is 31.6 Å². The van der Waals surface area contributed by atoms with Crippen LogP contribution in [0.5, 0.6) is 0 Å². The zero-order chi connectivity index (χ0) is 11.1. The van der Waals surface area contributed by atoms with Gasteiger partial charge in [0.2, 0.25) is 0 Å². The van der Waals surface area contributed by atoms with Gasteiger partial charge in [-0.25, -0.2) is 0 Å². The summed E-state index contributed by atoms with van der Waals surface area (Å²) < 4.78 is 6.76. The molecule has 1 aromatic heterocycles. The van der Waals surface area contributed by atoms with E-state index in [0.29, 0.717) is 6.04 Å². The second-order valence-corrected chi connectivity index (χ2v) is 3.71. The molecule has 0 aliphatic heterocycles. The number of likely N-dealkylation sites (N-methyl/N-ethyl adjacent to an activating group) is 1. The largest absolute Gasteiger partial charge is 0.385 e. The van der Waals surface area contributed by atoms with Crippen LogP contribution < -0.4 is 5.32 Å². The van der Waals surface area contributed by atoms with Crippen LogP contribution in [0.4, 0.5) is 0 Å². The second-order valence-electron chi connectivity index (χ2n) is 3.71. The lowest BCUT2D eigenvalue weighted by Crippen LogP contribution is -2.28. The van der Waals surface area contributed by atoms with E-state index in [1.54, 1.807) is 11.8 Å². The predicted octanol–water partition coefficient (Wildman–Crippen LogP) is 0.372. The van der Waals surface area contributed by atoms with Crippen LogP contribution in [-0.4, -0.2) is 41.8 Å². The van der Waals surface area contributed by atoms with Gasteiger partial charge < -0.3 is 10.1 Å². The highest BCUT2D eigenvalue weighted by Crippen LogP contribution is 2.04. The summed E-state index contributed by atoms with van der Waals surface area (Å²) in [6, 6.07) is 0.455. The van der Waals surface area contributed by atoms with Gasteiger partial charge >= 0.3 is 0 Å². The highest BCUT2D eigenvalue weighted by atomic mass is 16.5. The van der Waals surface area contributed by atoms with E-state index in [2.05, 4.69) is 15.6 Å². The standard InChI is InChI=1S/C10H20N4O/c1-11-9(5-4-6-15-3)7-10-8-14(2)13-12-10/h8-9,11H,4-7H2,1-3H3. The maximum atomic E-state index is 5.03. The fraction of sp³-hybridized carbons (Fsp3) is 0.800. The molecule has 1 N–H and O–H groups in total. The maximum absolute atomic E-state index is 5.03. The van der Waals surface area contributed by atoms with Crippen LogP contribution in [0.1, 0.15) is 18.5 Å². The van der Waals surface area contributed by atoms with Crippen molar-refractivity contribution in [2.45, 2.75) is 25.3 Å². The van der Waals surface area contributed by atoms with Gasteiger partial charge in [-0.15, -0.1) is 5.10 Å². The summed E-state index contributed by atoms with van der Waals surface area (Å²) in [5, 5.41) is 11.3. The van der Waals surface area contributed by atoms with Crippen LogP contribution in [0.3, 0.4) is 0 Å². The molecule has 0 aliphatic rings. The van der Waals surface area contributed by atoms with E-state index in [1.807, 2.05) is 20.3 Å². The van der Waals surface area contributed by atoms with Gasteiger partial charge in [0, 0.05) is 39.4 Å². The average molecular weight is 212 g/mol. The summed E-state index contributed by atoms with van der Waals surface area (Å²) in [7, 11) is 5.60. The summed E-state index contributed by atoms with van der Waals surface area (Å²) in [4.78, 5) is 0. The van der Waals surface area contributed by atoms with Crippen molar-refractivity contribution in [3.05, 3.63) is 11.9 Å². The molecular weight excluding hydrogens is 192 g/mol. The molecule has 86 valence electrons. The molecule has 0 amide bonds.